The number of aromatic nitrogens is 3. The van der Waals surface area contributed by atoms with Crippen molar-refractivity contribution in [2.24, 2.45) is 7.05 Å². The van der Waals surface area contributed by atoms with E-state index in [2.05, 4.69) is 72.7 Å². The molecular formula is C23H26N4S. The minimum atomic E-state index is 0.580. The summed E-state index contributed by atoms with van der Waals surface area (Å²) < 4.78 is 4.62. The molecule has 1 aromatic carbocycles. The van der Waals surface area contributed by atoms with Crippen LogP contribution < -0.4 is 5.32 Å². The second kappa shape index (κ2) is 6.61. The Morgan fingerprint density at radius 1 is 1.14 bits per heavy atom. The second-order valence-electron chi connectivity index (χ2n) is 7.90. The fraction of sp³-hybridized carbons (Fsp3) is 0.348. The third kappa shape index (κ3) is 2.65. The van der Waals surface area contributed by atoms with Crippen LogP contribution in [0.4, 0.5) is 0 Å². The standard InChI is InChI=1S/C23H26N4S/c1-14-5-6-15(2)27(14)23-25-13-22(28-23)16-7-9-20-18(11-16)19-12-17(24-3)8-10-21(19)26(20)4/h5-7,9,11,13,17,24H,8,10,12H2,1-4H3. The first-order valence-electron chi connectivity index (χ1n) is 9.95. The van der Waals surface area contributed by atoms with E-state index in [9.17, 15) is 0 Å². The number of nitrogens with zero attached hydrogens (tertiary/aromatic N) is 3. The quantitative estimate of drug-likeness (QED) is 0.546. The molecule has 4 aromatic rings. The molecule has 5 rings (SSSR count). The fourth-order valence-electron chi connectivity index (χ4n) is 4.65. The zero-order valence-electron chi connectivity index (χ0n) is 16.9. The summed E-state index contributed by atoms with van der Waals surface area (Å²) in [6.45, 7) is 4.27. The number of hydrogen-bond donors (Lipinski definition) is 1. The van der Waals surface area contributed by atoms with Crippen LogP contribution in [0.3, 0.4) is 0 Å². The highest BCUT2D eigenvalue weighted by molar-refractivity contribution is 7.17. The second-order valence-corrected chi connectivity index (χ2v) is 8.91. The lowest BCUT2D eigenvalue weighted by Crippen LogP contribution is -2.31. The first-order valence-corrected chi connectivity index (χ1v) is 10.8. The van der Waals surface area contributed by atoms with Gasteiger partial charge in [-0.15, -0.1) is 0 Å². The molecule has 0 radical (unpaired) electrons. The number of thiazole rings is 1. The number of rotatable bonds is 3. The molecule has 144 valence electrons. The summed E-state index contributed by atoms with van der Waals surface area (Å²) in [7, 11) is 4.29. The van der Waals surface area contributed by atoms with Gasteiger partial charge in [-0.1, -0.05) is 17.4 Å². The van der Waals surface area contributed by atoms with Gasteiger partial charge in [0.1, 0.15) is 0 Å². The summed E-state index contributed by atoms with van der Waals surface area (Å²) in [5.41, 5.74) is 8.08. The van der Waals surface area contributed by atoms with E-state index in [-0.39, 0.29) is 0 Å². The van der Waals surface area contributed by atoms with Gasteiger partial charge < -0.3 is 9.88 Å². The Hall–Kier alpha value is -2.37. The molecule has 0 amide bonds. The molecule has 1 aliphatic carbocycles. The Bertz CT molecular complexity index is 1160. The van der Waals surface area contributed by atoms with E-state index in [0.29, 0.717) is 6.04 Å². The Labute approximate surface area is 169 Å². The molecule has 3 aromatic heterocycles. The van der Waals surface area contributed by atoms with Gasteiger partial charge in [-0.25, -0.2) is 4.98 Å². The zero-order chi connectivity index (χ0) is 19.4. The molecule has 1 aliphatic rings. The molecule has 1 N–H and O–H groups in total. The number of fused-ring (bicyclic) bond motifs is 3. The molecule has 1 atom stereocenters. The Morgan fingerprint density at radius 2 is 1.93 bits per heavy atom. The predicted octanol–water partition coefficient (Wildman–Crippen LogP) is 4.79. The van der Waals surface area contributed by atoms with Crippen LogP contribution in [0.15, 0.2) is 36.5 Å². The SMILES string of the molecule is CNC1CCc2c(c3cc(-c4cnc(-n5c(C)ccc5C)s4)ccc3n2C)C1. The summed E-state index contributed by atoms with van der Waals surface area (Å²) in [6, 6.07) is 11.8. The van der Waals surface area contributed by atoms with Gasteiger partial charge in [-0.3, -0.25) is 4.57 Å². The van der Waals surface area contributed by atoms with Crippen LogP contribution in [0.1, 0.15) is 29.1 Å². The van der Waals surface area contributed by atoms with Crippen molar-refractivity contribution in [1.82, 2.24) is 19.4 Å². The van der Waals surface area contributed by atoms with Crippen molar-refractivity contribution in [3.05, 3.63) is 59.2 Å². The van der Waals surface area contributed by atoms with Gasteiger partial charge in [0, 0.05) is 47.3 Å². The van der Waals surface area contributed by atoms with E-state index in [4.69, 9.17) is 4.98 Å². The van der Waals surface area contributed by atoms with Crippen molar-refractivity contribution in [3.8, 4) is 15.6 Å². The highest BCUT2D eigenvalue weighted by atomic mass is 32.1. The molecule has 0 aliphatic heterocycles. The number of benzene rings is 1. The van der Waals surface area contributed by atoms with Crippen molar-refractivity contribution < 1.29 is 0 Å². The third-order valence-electron chi connectivity index (χ3n) is 6.27. The molecule has 3 heterocycles. The van der Waals surface area contributed by atoms with Crippen molar-refractivity contribution in [2.75, 3.05) is 7.05 Å². The smallest absolute Gasteiger partial charge is 0.194 e. The maximum Gasteiger partial charge on any atom is 0.194 e. The van der Waals surface area contributed by atoms with Gasteiger partial charge in [-0.2, -0.15) is 0 Å². The van der Waals surface area contributed by atoms with E-state index in [1.807, 2.05) is 6.20 Å². The maximum atomic E-state index is 4.72. The number of nitrogens with one attached hydrogen (secondary N) is 1. The first-order chi connectivity index (χ1) is 13.6. The number of aryl methyl sites for hydroxylation is 3. The van der Waals surface area contributed by atoms with Crippen molar-refractivity contribution in [2.45, 2.75) is 39.2 Å². The van der Waals surface area contributed by atoms with Gasteiger partial charge in [-0.05, 0) is 75.5 Å². The van der Waals surface area contributed by atoms with E-state index < -0.39 is 0 Å². The predicted molar refractivity (Wildman–Crippen MR) is 118 cm³/mol. The molecule has 5 heteroatoms. The lowest BCUT2D eigenvalue weighted by atomic mass is 9.91. The minimum absolute atomic E-state index is 0.580. The van der Waals surface area contributed by atoms with E-state index in [1.165, 1.54) is 50.4 Å². The number of likely N-dealkylation sites (N-methyl/N-ethyl adjacent to an activating group) is 1. The fourth-order valence-corrected chi connectivity index (χ4v) is 5.68. The van der Waals surface area contributed by atoms with Gasteiger partial charge in [0.15, 0.2) is 5.13 Å². The topological polar surface area (TPSA) is 34.8 Å². The zero-order valence-corrected chi connectivity index (χ0v) is 17.7. The van der Waals surface area contributed by atoms with E-state index in [1.54, 1.807) is 11.3 Å². The van der Waals surface area contributed by atoms with Crippen molar-refractivity contribution in [3.63, 3.8) is 0 Å². The largest absolute Gasteiger partial charge is 0.347 e. The van der Waals surface area contributed by atoms with Crippen LogP contribution in [0.25, 0.3) is 26.5 Å². The Kier molecular flexibility index (Phi) is 4.18. The molecule has 0 saturated heterocycles. The van der Waals surface area contributed by atoms with Crippen LogP contribution in [0.2, 0.25) is 0 Å². The molecule has 1 unspecified atom stereocenters. The molecule has 0 spiro atoms. The summed E-state index contributed by atoms with van der Waals surface area (Å²) in [6.07, 6.45) is 5.50. The summed E-state index contributed by atoms with van der Waals surface area (Å²) in [4.78, 5) is 5.95. The van der Waals surface area contributed by atoms with E-state index >= 15 is 0 Å². The lowest BCUT2D eigenvalue weighted by molar-refractivity contribution is 0.488. The van der Waals surface area contributed by atoms with Gasteiger partial charge in [0.05, 0.1) is 4.88 Å². The van der Waals surface area contributed by atoms with Crippen LogP contribution in [-0.2, 0) is 19.9 Å². The Balaban J connectivity index is 1.60. The van der Waals surface area contributed by atoms with Crippen molar-refractivity contribution in [1.29, 1.82) is 0 Å². The average Bonchev–Trinajstić information content (AvgIpc) is 3.39. The summed E-state index contributed by atoms with van der Waals surface area (Å²) in [5, 5.41) is 5.92. The molecule has 28 heavy (non-hydrogen) atoms. The lowest BCUT2D eigenvalue weighted by Gasteiger charge is -2.22. The van der Waals surface area contributed by atoms with Gasteiger partial charge >= 0.3 is 0 Å². The van der Waals surface area contributed by atoms with Crippen LogP contribution in [-0.4, -0.2) is 27.2 Å². The molecule has 0 saturated carbocycles. The molecule has 0 bridgehead atoms. The summed E-state index contributed by atoms with van der Waals surface area (Å²) >= 11 is 1.76. The van der Waals surface area contributed by atoms with Crippen LogP contribution >= 0.6 is 11.3 Å². The highest BCUT2D eigenvalue weighted by Gasteiger charge is 2.24. The summed E-state index contributed by atoms with van der Waals surface area (Å²) in [5.74, 6) is 0. The van der Waals surface area contributed by atoms with Crippen molar-refractivity contribution >= 4 is 22.2 Å². The van der Waals surface area contributed by atoms with Gasteiger partial charge in [0.2, 0.25) is 0 Å². The number of hydrogen-bond acceptors (Lipinski definition) is 3. The maximum absolute atomic E-state index is 4.72. The van der Waals surface area contributed by atoms with Gasteiger partial charge in [0.25, 0.3) is 0 Å². The minimum Gasteiger partial charge on any atom is -0.347 e. The normalized spacial score (nSPS) is 16.6. The highest BCUT2D eigenvalue weighted by Crippen LogP contribution is 2.36. The average molecular weight is 391 g/mol. The Morgan fingerprint density at radius 3 is 2.68 bits per heavy atom. The monoisotopic (exact) mass is 390 g/mol. The third-order valence-corrected chi connectivity index (χ3v) is 7.30. The molecule has 0 fully saturated rings. The van der Waals surface area contributed by atoms with Crippen LogP contribution in [0.5, 0.6) is 0 Å². The van der Waals surface area contributed by atoms with E-state index in [0.717, 1.165) is 18.0 Å². The molecule has 4 nitrogen and oxygen atoms in total. The first kappa shape index (κ1) is 17.7. The molecular weight excluding hydrogens is 364 g/mol. The van der Waals surface area contributed by atoms with Crippen LogP contribution in [0, 0.1) is 13.8 Å².